The van der Waals surface area contributed by atoms with Crippen molar-refractivity contribution in [3.8, 4) is 5.75 Å². The fourth-order valence-electron chi connectivity index (χ4n) is 1.23. The second-order valence-corrected chi connectivity index (χ2v) is 5.72. The van der Waals surface area contributed by atoms with E-state index in [-0.39, 0.29) is 119 Å². The third-order valence-electron chi connectivity index (χ3n) is 2.11. The maximum atomic E-state index is 11.6. The van der Waals surface area contributed by atoms with Crippen LogP contribution in [0.1, 0.15) is 12.8 Å². The number of hydrogen-bond acceptors (Lipinski definition) is 6. The van der Waals surface area contributed by atoms with Crippen LogP contribution >= 0.6 is 0 Å². The molecule has 1 aromatic rings. The van der Waals surface area contributed by atoms with Crippen LogP contribution in [0, 0.1) is 0 Å². The molecule has 0 aliphatic heterocycles. The van der Waals surface area contributed by atoms with E-state index >= 15 is 0 Å². The first-order valence-corrected chi connectivity index (χ1v) is 6.29. The predicted octanol–water partition coefficient (Wildman–Crippen LogP) is -7.11. The quantitative estimate of drug-likeness (QED) is 0.536. The van der Waals surface area contributed by atoms with Gasteiger partial charge in [0.25, 0.3) is 0 Å². The number of phenolic OH excluding ortho intramolecular Hbond substituents is 1. The first-order chi connectivity index (χ1) is 7.84. The number of carbonyl (C=O) groups excluding carboxylic acids is 1. The predicted molar refractivity (Wildman–Crippen MR) is 53.7 cm³/mol. The van der Waals surface area contributed by atoms with E-state index in [1.165, 1.54) is 18.2 Å². The van der Waals surface area contributed by atoms with Gasteiger partial charge in [0.05, 0.1) is 10.1 Å². The molecule has 0 saturated heterocycles. The summed E-state index contributed by atoms with van der Waals surface area (Å²) in [6.07, 6.45) is -0.837. The van der Waals surface area contributed by atoms with Gasteiger partial charge in [-0.3, -0.25) is 0 Å². The zero-order valence-corrected chi connectivity index (χ0v) is 17.8. The maximum Gasteiger partial charge on any atom is 1.00 e. The van der Waals surface area contributed by atoms with E-state index in [9.17, 15) is 8.42 Å². The van der Waals surface area contributed by atoms with Gasteiger partial charge in [-0.05, 0) is 37.2 Å². The van der Waals surface area contributed by atoms with Crippen molar-refractivity contribution in [3.05, 3.63) is 24.3 Å². The molecule has 1 saturated carbocycles. The third-order valence-corrected chi connectivity index (χ3v) is 4.37. The molecule has 0 bridgehead atoms. The number of sulfone groups is 1. The van der Waals surface area contributed by atoms with Gasteiger partial charge >= 0.3 is 103 Å². The van der Waals surface area contributed by atoms with Crippen LogP contribution in [-0.4, -0.2) is 24.9 Å². The summed E-state index contributed by atoms with van der Waals surface area (Å²) in [5.41, 5.74) is 0. The van der Waals surface area contributed by atoms with Gasteiger partial charge in [-0.15, -0.1) is 0 Å². The minimum absolute atomic E-state index is 0. The third kappa shape index (κ3) is 8.51. The Morgan fingerprint density at radius 2 is 1.68 bits per heavy atom. The zero-order chi connectivity index (χ0) is 13.1. The van der Waals surface area contributed by atoms with Crippen LogP contribution in [0.4, 0.5) is 4.79 Å². The molecule has 1 N–H and O–H groups in total. The van der Waals surface area contributed by atoms with Gasteiger partial charge < -0.3 is 20.1 Å². The molecule has 0 spiro atoms. The van der Waals surface area contributed by atoms with E-state index in [1.54, 1.807) is 6.07 Å². The van der Waals surface area contributed by atoms with Crippen molar-refractivity contribution in [2.24, 2.45) is 0 Å². The van der Waals surface area contributed by atoms with E-state index < -0.39 is 16.0 Å². The van der Waals surface area contributed by atoms with E-state index in [0.717, 1.165) is 12.8 Å². The summed E-state index contributed by atoms with van der Waals surface area (Å²) in [5.74, 6) is 0.00160. The summed E-state index contributed by atoms with van der Waals surface area (Å²) in [6, 6.07) is 5.83. The number of phenols is 1. The molecule has 0 aromatic heterocycles. The molecule has 9 heteroatoms. The molecule has 0 heterocycles. The Morgan fingerprint density at radius 3 is 2.05 bits per heavy atom. The molecule has 0 radical (unpaired) electrons. The summed E-state index contributed by atoms with van der Waals surface area (Å²) in [7, 11) is -3.15. The van der Waals surface area contributed by atoms with Crippen LogP contribution in [0.15, 0.2) is 29.2 Å². The van der Waals surface area contributed by atoms with Crippen LogP contribution < -0.4 is 113 Å². The second-order valence-electron chi connectivity index (χ2n) is 3.49. The summed E-state index contributed by atoms with van der Waals surface area (Å²) in [5, 5.41) is 25.6. The standard InChI is InChI=1S/C9H10O3S.CH2O3.2K/c10-7-2-1-3-9(6-7)13(11,12)8-4-5-8;2-1(3)4;;/h1-3,6,8,10H,4-5H2;(H2,2,3,4);;/q;;2*+1/p-2. The molecule has 6 nitrogen and oxygen atoms in total. The first-order valence-electron chi connectivity index (χ1n) is 4.75. The van der Waals surface area contributed by atoms with Crippen molar-refractivity contribution in [3.63, 3.8) is 0 Å². The monoisotopic (exact) mass is 336 g/mol. The minimum Gasteiger partial charge on any atom is -0.652 e. The van der Waals surface area contributed by atoms with Crippen LogP contribution in [0.3, 0.4) is 0 Å². The van der Waals surface area contributed by atoms with Gasteiger partial charge in [0.2, 0.25) is 0 Å². The van der Waals surface area contributed by atoms with E-state index in [1.807, 2.05) is 0 Å². The average molecular weight is 336 g/mol. The number of rotatable bonds is 2. The fourth-order valence-corrected chi connectivity index (χ4v) is 2.93. The average Bonchev–Trinajstić information content (AvgIpc) is 2.99. The SMILES string of the molecule is O=C([O-])[O-].O=S(=O)(c1cccc(O)c1)C1CC1.[K+].[K+]. The van der Waals surface area contributed by atoms with Gasteiger partial charge in [0.1, 0.15) is 5.75 Å². The van der Waals surface area contributed by atoms with Gasteiger partial charge in [0.15, 0.2) is 9.84 Å². The number of aromatic hydroxyl groups is 1. The molecular weight excluding hydrogens is 326 g/mol. The van der Waals surface area contributed by atoms with Gasteiger partial charge in [-0.2, -0.15) is 0 Å². The van der Waals surface area contributed by atoms with Crippen molar-refractivity contribution in [2.45, 2.75) is 23.0 Å². The summed E-state index contributed by atoms with van der Waals surface area (Å²) < 4.78 is 23.3. The maximum absolute atomic E-state index is 11.6. The Morgan fingerprint density at radius 1 is 1.21 bits per heavy atom. The molecule has 1 aliphatic carbocycles. The summed E-state index contributed by atoms with van der Waals surface area (Å²) in [6.45, 7) is 0. The Labute approximate surface area is 196 Å². The van der Waals surface area contributed by atoms with Crippen molar-refractivity contribution in [2.75, 3.05) is 0 Å². The van der Waals surface area contributed by atoms with E-state index in [4.69, 9.17) is 20.1 Å². The minimum atomic E-state index is -3.15. The Kier molecular flexibility index (Phi) is 12.3. The molecule has 1 fully saturated rings. The van der Waals surface area contributed by atoms with E-state index in [0.29, 0.717) is 0 Å². The van der Waals surface area contributed by atoms with Crippen molar-refractivity contribution >= 4 is 16.0 Å². The van der Waals surface area contributed by atoms with Gasteiger partial charge in [0, 0.05) is 0 Å². The van der Waals surface area contributed by atoms with Gasteiger partial charge in [-0.1, -0.05) is 6.07 Å². The van der Waals surface area contributed by atoms with Crippen LogP contribution in [0.25, 0.3) is 0 Å². The molecule has 1 aliphatic rings. The van der Waals surface area contributed by atoms with Crippen molar-refractivity contribution < 1.29 is 131 Å². The first kappa shape index (κ1) is 22.8. The number of hydrogen-bond donors (Lipinski definition) is 1. The molecular formula is C10H10K2O6S. The Hall–Kier alpha value is 1.51. The second kappa shape index (κ2) is 10.3. The summed E-state index contributed by atoms with van der Waals surface area (Å²) in [4.78, 5) is 8.56. The molecule has 2 rings (SSSR count). The largest absolute Gasteiger partial charge is 1.00 e. The molecule has 19 heavy (non-hydrogen) atoms. The van der Waals surface area contributed by atoms with Crippen LogP contribution in [-0.2, 0) is 9.84 Å². The topological polar surface area (TPSA) is 118 Å². The number of benzene rings is 1. The van der Waals surface area contributed by atoms with Gasteiger partial charge in [-0.25, -0.2) is 8.42 Å². The number of carbonyl (C=O) groups is 1. The molecule has 0 unspecified atom stereocenters. The van der Waals surface area contributed by atoms with Crippen molar-refractivity contribution in [1.82, 2.24) is 0 Å². The molecule has 1 aromatic carbocycles. The number of carboxylic acid groups (broad SMARTS) is 2. The van der Waals surface area contributed by atoms with Crippen LogP contribution in [0.5, 0.6) is 5.75 Å². The molecule has 0 atom stereocenters. The smallest absolute Gasteiger partial charge is 0.652 e. The fraction of sp³-hybridized carbons (Fsp3) is 0.300. The zero-order valence-electron chi connectivity index (χ0n) is 10.7. The van der Waals surface area contributed by atoms with Crippen molar-refractivity contribution in [1.29, 1.82) is 0 Å². The Bertz CT molecular complexity index is 509. The van der Waals surface area contributed by atoms with E-state index in [2.05, 4.69) is 0 Å². The Balaban J connectivity index is 0. The summed E-state index contributed by atoms with van der Waals surface area (Å²) >= 11 is 0. The van der Waals surface area contributed by atoms with Crippen LogP contribution in [0.2, 0.25) is 0 Å². The normalized spacial score (nSPS) is 13.1. The molecule has 0 amide bonds. The molecule has 94 valence electrons.